The van der Waals surface area contributed by atoms with Gasteiger partial charge in [-0.15, -0.1) is 0 Å². The van der Waals surface area contributed by atoms with Crippen molar-refractivity contribution in [1.82, 2.24) is 9.80 Å². The quantitative estimate of drug-likeness (QED) is 0.580. The molecule has 0 aromatic heterocycles. The van der Waals surface area contributed by atoms with Gasteiger partial charge in [0.1, 0.15) is 5.78 Å². The van der Waals surface area contributed by atoms with E-state index in [-0.39, 0.29) is 5.92 Å². The molecular formula is C17H34N2O2. The first kappa shape index (κ1) is 18.6. The molecule has 4 nitrogen and oxygen atoms in total. The van der Waals surface area contributed by atoms with Crippen LogP contribution in [0.25, 0.3) is 0 Å². The van der Waals surface area contributed by atoms with Gasteiger partial charge in [0.2, 0.25) is 0 Å². The number of hydrogen-bond acceptors (Lipinski definition) is 4. The summed E-state index contributed by atoms with van der Waals surface area (Å²) in [5, 5.41) is 0. The van der Waals surface area contributed by atoms with E-state index in [9.17, 15) is 4.79 Å². The average molecular weight is 298 g/mol. The minimum absolute atomic E-state index is 0.196. The summed E-state index contributed by atoms with van der Waals surface area (Å²) in [6.07, 6.45) is 3.28. The molecule has 0 aliphatic carbocycles. The van der Waals surface area contributed by atoms with E-state index in [0.717, 1.165) is 65.1 Å². The number of ether oxygens (including phenoxy) is 1. The lowest BCUT2D eigenvalue weighted by molar-refractivity contribution is -0.122. The minimum atomic E-state index is 0.196. The second-order valence-corrected chi connectivity index (χ2v) is 6.68. The normalized spacial score (nSPS) is 17.8. The molecule has 0 saturated carbocycles. The number of nitrogens with zero attached hydrogens (tertiary/aromatic N) is 2. The van der Waals surface area contributed by atoms with Crippen LogP contribution in [0.1, 0.15) is 47.0 Å². The van der Waals surface area contributed by atoms with Gasteiger partial charge in [0.05, 0.1) is 12.7 Å². The molecule has 4 heteroatoms. The van der Waals surface area contributed by atoms with Gasteiger partial charge in [-0.2, -0.15) is 0 Å². The topological polar surface area (TPSA) is 32.8 Å². The molecule has 0 spiro atoms. The summed E-state index contributed by atoms with van der Waals surface area (Å²) in [5.41, 5.74) is 0. The molecule has 1 aliphatic heterocycles. The van der Waals surface area contributed by atoms with Crippen molar-refractivity contribution in [2.24, 2.45) is 5.92 Å². The Morgan fingerprint density at radius 2 is 1.52 bits per heavy atom. The molecule has 1 heterocycles. The van der Waals surface area contributed by atoms with E-state index in [2.05, 4.69) is 23.6 Å². The molecule has 21 heavy (non-hydrogen) atoms. The van der Waals surface area contributed by atoms with Crippen molar-refractivity contribution < 1.29 is 9.53 Å². The molecule has 124 valence electrons. The number of piperazine rings is 1. The van der Waals surface area contributed by atoms with Crippen molar-refractivity contribution in [2.45, 2.75) is 53.1 Å². The highest BCUT2D eigenvalue weighted by Gasteiger charge is 2.16. The van der Waals surface area contributed by atoms with E-state index in [4.69, 9.17) is 4.74 Å². The van der Waals surface area contributed by atoms with Crippen LogP contribution in [0.5, 0.6) is 0 Å². The van der Waals surface area contributed by atoms with E-state index in [1.54, 1.807) is 0 Å². The Hall–Kier alpha value is -0.450. The molecule has 1 aliphatic rings. The Kier molecular flexibility index (Phi) is 9.13. The number of Topliss-reactive ketones (excluding diaryl/α,β-unsaturated/α-hetero) is 1. The predicted molar refractivity (Wildman–Crippen MR) is 87.7 cm³/mol. The predicted octanol–water partition coefficient (Wildman–Crippen LogP) is 2.42. The maximum Gasteiger partial charge on any atom is 0.135 e. The van der Waals surface area contributed by atoms with Crippen LogP contribution >= 0.6 is 0 Å². The number of rotatable bonds is 10. The zero-order valence-electron chi connectivity index (χ0n) is 14.4. The Morgan fingerprint density at radius 3 is 2.05 bits per heavy atom. The summed E-state index contributed by atoms with van der Waals surface area (Å²) in [5.74, 6) is 0.603. The lowest BCUT2D eigenvalue weighted by Gasteiger charge is -2.34. The highest BCUT2D eigenvalue weighted by molar-refractivity contribution is 5.80. The third kappa shape index (κ3) is 8.54. The van der Waals surface area contributed by atoms with Crippen molar-refractivity contribution >= 4 is 5.78 Å². The first-order valence-corrected chi connectivity index (χ1v) is 8.58. The Labute approximate surface area is 130 Å². The van der Waals surface area contributed by atoms with Gasteiger partial charge < -0.3 is 9.64 Å². The van der Waals surface area contributed by atoms with Gasteiger partial charge in [0.15, 0.2) is 0 Å². The highest BCUT2D eigenvalue weighted by atomic mass is 16.5. The fourth-order valence-electron chi connectivity index (χ4n) is 2.58. The van der Waals surface area contributed by atoms with Crippen molar-refractivity contribution in [1.29, 1.82) is 0 Å². The second-order valence-electron chi connectivity index (χ2n) is 6.68. The van der Waals surface area contributed by atoms with Gasteiger partial charge >= 0.3 is 0 Å². The van der Waals surface area contributed by atoms with E-state index in [1.807, 2.05) is 13.8 Å². The molecule has 1 fully saturated rings. The number of hydrogen-bond donors (Lipinski definition) is 0. The van der Waals surface area contributed by atoms with Gasteiger partial charge in [-0.05, 0) is 33.2 Å². The lowest BCUT2D eigenvalue weighted by atomic mass is 10.0. The second kappa shape index (κ2) is 10.3. The monoisotopic (exact) mass is 298 g/mol. The van der Waals surface area contributed by atoms with Crippen LogP contribution in [0.2, 0.25) is 0 Å². The molecule has 0 atom stereocenters. The van der Waals surface area contributed by atoms with Crippen LogP contribution in [-0.2, 0) is 9.53 Å². The molecule has 0 amide bonds. The van der Waals surface area contributed by atoms with Gasteiger partial charge in [-0.25, -0.2) is 0 Å². The van der Waals surface area contributed by atoms with Crippen molar-refractivity contribution in [2.75, 3.05) is 45.9 Å². The number of unbranched alkanes of at least 4 members (excludes halogenated alkanes) is 1. The Bertz CT molecular complexity index is 285. The van der Waals surface area contributed by atoms with E-state index in [0.29, 0.717) is 11.9 Å². The van der Waals surface area contributed by atoms with Crippen LogP contribution in [0, 0.1) is 5.92 Å². The van der Waals surface area contributed by atoms with E-state index in [1.165, 1.54) is 0 Å². The van der Waals surface area contributed by atoms with Crippen molar-refractivity contribution in [3.05, 3.63) is 0 Å². The van der Waals surface area contributed by atoms with Crippen LogP contribution in [-0.4, -0.2) is 67.6 Å². The first-order valence-electron chi connectivity index (χ1n) is 8.58. The maximum atomic E-state index is 11.6. The summed E-state index contributed by atoms with van der Waals surface area (Å²) >= 11 is 0. The average Bonchev–Trinajstić information content (AvgIpc) is 2.44. The molecule has 1 rings (SSSR count). The zero-order valence-corrected chi connectivity index (χ0v) is 14.4. The summed E-state index contributed by atoms with van der Waals surface area (Å²) < 4.78 is 5.61. The summed E-state index contributed by atoms with van der Waals surface area (Å²) in [6, 6.07) is 0. The fourth-order valence-corrected chi connectivity index (χ4v) is 2.58. The van der Waals surface area contributed by atoms with Crippen LogP contribution in [0.3, 0.4) is 0 Å². The Morgan fingerprint density at radius 1 is 0.952 bits per heavy atom. The van der Waals surface area contributed by atoms with Gasteiger partial charge in [-0.1, -0.05) is 13.8 Å². The SMILES string of the molecule is CC(C)OCCN1CCN(CCCCC(=O)C(C)C)CC1. The van der Waals surface area contributed by atoms with Crippen LogP contribution < -0.4 is 0 Å². The molecule has 0 radical (unpaired) electrons. The van der Waals surface area contributed by atoms with E-state index >= 15 is 0 Å². The van der Waals surface area contributed by atoms with Crippen molar-refractivity contribution in [3.8, 4) is 0 Å². The number of carbonyl (C=O) groups is 1. The molecule has 0 aromatic rings. The highest BCUT2D eigenvalue weighted by Crippen LogP contribution is 2.07. The molecule has 0 bridgehead atoms. The summed E-state index contributed by atoms with van der Waals surface area (Å²) in [6.45, 7) is 15.8. The molecule has 0 N–H and O–H groups in total. The summed E-state index contributed by atoms with van der Waals surface area (Å²) in [4.78, 5) is 16.6. The third-order valence-electron chi connectivity index (χ3n) is 4.12. The fraction of sp³-hybridized carbons (Fsp3) is 0.941. The van der Waals surface area contributed by atoms with Gasteiger partial charge in [0.25, 0.3) is 0 Å². The van der Waals surface area contributed by atoms with E-state index < -0.39 is 0 Å². The minimum Gasteiger partial charge on any atom is -0.377 e. The summed E-state index contributed by atoms with van der Waals surface area (Å²) in [7, 11) is 0. The zero-order chi connectivity index (χ0) is 15.7. The smallest absolute Gasteiger partial charge is 0.135 e. The Balaban J connectivity index is 2.01. The molecular weight excluding hydrogens is 264 g/mol. The number of carbonyl (C=O) groups excluding carboxylic acids is 1. The molecule has 0 aromatic carbocycles. The standard InChI is InChI=1S/C17H34N2O2/c1-15(2)17(20)7-5-6-8-18-9-11-19(12-10-18)13-14-21-16(3)4/h15-16H,5-14H2,1-4H3. The van der Waals surface area contributed by atoms with Crippen molar-refractivity contribution in [3.63, 3.8) is 0 Å². The van der Waals surface area contributed by atoms with Gasteiger partial charge in [-0.3, -0.25) is 9.69 Å². The lowest BCUT2D eigenvalue weighted by Crippen LogP contribution is -2.47. The van der Waals surface area contributed by atoms with Gasteiger partial charge in [0, 0.05) is 45.1 Å². The molecule has 1 saturated heterocycles. The largest absolute Gasteiger partial charge is 0.377 e. The maximum absolute atomic E-state index is 11.6. The first-order chi connectivity index (χ1) is 9.99. The van der Waals surface area contributed by atoms with Crippen LogP contribution in [0.4, 0.5) is 0 Å². The van der Waals surface area contributed by atoms with Crippen LogP contribution in [0.15, 0.2) is 0 Å². The molecule has 0 unspecified atom stereocenters. The number of ketones is 1. The third-order valence-corrected chi connectivity index (χ3v) is 4.12.